The summed E-state index contributed by atoms with van der Waals surface area (Å²) in [6.07, 6.45) is 3.12. The van der Waals surface area contributed by atoms with Gasteiger partial charge in [0.1, 0.15) is 11.6 Å². The van der Waals surface area contributed by atoms with Gasteiger partial charge in [-0.3, -0.25) is 14.4 Å². The van der Waals surface area contributed by atoms with Crippen molar-refractivity contribution in [1.29, 1.82) is 0 Å². The van der Waals surface area contributed by atoms with Crippen LogP contribution in [0.4, 0.5) is 21.0 Å². The largest absolute Gasteiger partial charge is 0.493 e. The van der Waals surface area contributed by atoms with E-state index < -0.39 is 79.2 Å². The number of urea groups is 2. The van der Waals surface area contributed by atoms with Gasteiger partial charge in [0.25, 0.3) is 5.91 Å². The number of aliphatic carboxylic acids is 1. The lowest BCUT2D eigenvalue weighted by atomic mass is 9.80. The van der Waals surface area contributed by atoms with Crippen LogP contribution in [0.3, 0.4) is 0 Å². The SMILES string of the molecule is COc1ccc([C@H](CC(=O)O)NC(=O)[C@H](CC(C)C)N2C(=O)N(Cc3ccc(NC(=O)Nc4ccccc4C)cc3)C3(CCCCC3)C2=O)cc1OC.NC(CO)(CO)CO. The number of amides is 6. The third-order valence-corrected chi connectivity index (χ3v) is 11.0. The number of imide groups is 1. The number of anilines is 2. The van der Waals surface area contributed by atoms with Gasteiger partial charge in [0.2, 0.25) is 5.91 Å². The van der Waals surface area contributed by atoms with Gasteiger partial charge in [-0.2, -0.15) is 0 Å². The van der Waals surface area contributed by atoms with Crippen molar-refractivity contribution in [2.24, 2.45) is 11.7 Å². The van der Waals surface area contributed by atoms with Gasteiger partial charge in [-0.1, -0.05) is 69.5 Å². The zero-order chi connectivity index (χ0) is 44.9. The number of nitrogens with two attached hydrogens (primary N) is 1. The molecule has 1 saturated carbocycles. The Morgan fingerprint density at radius 2 is 1.49 bits per heavy atom. The summed E-state index contributed by atoms with van der Waals surface area (Å²) in [5.74, 6) is -1.44. The Labute approximate surface area is 356 Å². The van der Waals surface area contributed by atoms with E-state index in [-0.39, 0.29) is 18.9 Å². The Kier molecular flexibility index (Phi) is 17.0. The summed E-state index contributed by atoms with van der Waals surface area (Å²) in [4.78, 5) is 70.6. The molecule has 1 spiro atoms. The number of aryl methyl sites for hydroxylation is 1. The number of aliphatic hydroxyl groups excluding tert-OH is 3. The first-order valence-electron chi connectivity index (χ1n) is 20.3. The topological polar surface area (TPSA) is 253 Å². The number of carboxylic acid groups (broad SMARTS) is 1. The van der Waals surface area contributed by atoms with E-state index in [0.29, 0.717) is 41.3 Å². The van der Waals surface area contributed by atoms with Crippen LogP contribution in [-0.2, 0) is 20.9 Å². The summed E-state index contributed by atoms with van der Waals surface area (Å²) in [5, 5.41) is 43.3. The van der Waals surface area contributed by atoms with Crippen LogP contribution in [0.1, 0.15) is 81.5 Å². The number of rotatable bonds is 17. The van der Waals surface area contributed by atoms with E-state index in [4.69, 9.17) is 30.5 Å². The molecule has 0 bridgehead atoms. The Bertz CT molecular complexity index is 1970. The molecular formula is C44H60N6O11. The molecule has 0 radical (unpaired) electrons. The number of hydrogen-bond acceptors (Lipinski definition) is 11. The molecule has 332 valence electrons. The molecule has 0 unspecified atom stereocenters. The predicted octanol–water partition coefficient (Wildman–Crippen LogP) is 4.53. The number of hydrogen-bond donors (Lipinski definition) is 8. The number of benzene rings is 3. The average Bonchev–Trinajstić information content (AvgIpc) is 3.43. The van der Waals surface area contributed by atoms with E-state index in [9.17, 15) is 29.1 Å². The quantitative estimate of drug-likeness (QED) is 0.0873. The predicted molar refractivity (Wildman–Crippen MR) is 228 cm³/mol. The standard InChI is InChI=1S/C40H49N5O8.C4H11NO3/c1-25(2)21-32(36(48)42-31(23-35(46)47)28-15-18-33(52-4)34(22-28)53-5)45-37(49)40(19-9-6-10-20-40)44(39(45)51)24-27-13-16-29(17-14-27)41-38(50)43-30-12-8-7-11-26(30)3;5-4(1-6,2-7)3-8/h7-8,11-18,22,25,31-32H,6,9-10,19-21,23-24H2,1-5H3,(H,42,48)(H,46,47)(H2,41,43,50);6-8H,1-3,5H2/t31-,32-;/m0./s1. The molecule has 3 aromatic rings. The van der Waals surface area contributed by atoms with Gasteiger partial charge < -0.3 is 56.5 Å². The van der Waals surface area contributed by atoms with E-state index in [0.717, 1.165) is 35.3 Å². The molecule has 2 fully saturated rings. The molecular weight excluding hydrogens is 789 g/mol. The Hall–Kier alpha value is -5.75. The molecule has 1 saturated heterocycles. The van der Waals surface area contributed by atoms with Crippen molar-refractivity contribution in [2.45, 2.75) is 95.4 Å². The number of para-hydroxylation sites is 1. The lowest BCUT2D eigenvalue weighted by Crippen LogP contribution is -2.53. The molecule has 1 heterocycles. The highest BCUT2D eigenvalue weighted by Crippen LogP contribution is 2.43. The van der Waals surface area contributed by atoms with Gasteiger partial charge in [0.15, 0.2) is 11.5 Å². The van der Waals surface area contributed by atoms with Gasteiger partial charge >= 0.3 is 18.0 Å². The number of carbonyl (C=O) groups is 5. The van der Waals surface area contributed by atoms with E-state index in [2.05, 4.69) is 16.0 Å². The maximum absolute atomic E-state index is 14.6. The molecule has 5 rings (SSSR count). The third-order valence-electron chi connectivity index (χ3n) is 11.0. The van der Waals surface area contributed by atoms with Gasteiger partial charge in [0.05, 0.1) is 52.0 Å². The summed E-state index contributed by atoms with van der Waals surface area (Å²) >= 11 is 0. The van der Waals surface area contributed by atoms with Crippen LogP contribution in [0.25, 0.3) is 0 Å². The van der Waals surface area contributed by atoms with E-state index >= 15 is 0 Å². The molecule has 0 aromatic heterocycles. The highest BCUT2D eigenvalue weighted by Gasteiger charge is 2.59. The van der Waals surface area contributed by atoms with Crippen molar-refractivity contribution in [1.82, 2.24) is 15.1 Å². The van der Waals surface area contributed by atoms with Crippen LogP contribution in [0, 0.1) is 12.8 Å². The first-order chi connectivity index (χ1) is 29.0. The van der Waals surface area contributed by atoms with Crippen molar-refractivity contribution in [3.05, 3.63) is 83.4 Å². The highest BCUT2D eigenvalue weighted by atomic mass is 16.5. The zero-order valence-electron chi connectivity index (χ0n) is 35.5. The number of aliphatic hydroxyl groups is 3. The lowest BCUT2D eigenvalue weighted by Gasteiger charge is -2.38. The summed E-state index contributed by atoms with van der Waals surface area (Å²) in [6, 6.07) is 16.3. The maximum Gasteiger partial charge on any atom is 0.328 e. The fourth-order valence-electron chi connectivity index (χ4n) is 7.42. The highest BCUT2D eigenvalue weighted by molar-refractivity contribution is 6.10. The first-order valence-corrected chi connectivity index (χ1v) is 20.3. The van der Waals surface area contributed by atoms with Crippen LogP contribution in [0.15, 0.2) is 66.7 Å². The second-order valence-corrected chi connectivity index (χ2v) is 16.0. The number of carbonyl (C=O) groups excluding carboxylic acids is 4. The molecule has 1 aliphatic heterocycles. The van der Waals surface area contributed by atoms with Gasteiger partial charge in [-0.05, 0) is 79.1 Å². The van der Waals surface area contributed by atoms with Gasteiger partial charge in [-0.25, -0.2) is 14.5 Å². The Morgan fingerprint density at radius 1 is 0.869 bits per heavy atom. The number of nitrogens with one attached hydrogen (secondary N) is 3. The summed E-state index contributed by atoms with van der Waals surface area (Å²) in [7, 11) is 2.94. The minimum atomic E-state index is -1.21. The average molecular weight is 849 g/mol. The van der Waals surface area contributed by atoms with Crippen LogP contribution in [0.2, 0.25) is 0 Å². The number of ether oxygens (including phenoxy) is 2. The molecule has 2 aliphatic rings. The smallest absolute Gasteiger partial charge is 0.328 e. The normalized spacial score (nSPS) is 15.8. The molecule has 3 aromatic carbocycles. The van der Waals surface area contributed by atoms with Crippen LogP contribution < -0.4 is 31.2 Å². The van der Waals surface area contributed by atoms with Crippen molar-refractivity contribution >= 4 is 41.2 Å². The van der Waals surface area contributed by atoms with E-state index in [1.54, 1.807) is 47.4 Å². The number of methoxy groups -OCH3 is 2. The van der Waals surface area contributed by atoms with E-state index in [1.807, 2.05) is 45.0 Å². The van der Waals surface area contributed by atoms with Crippen molar-refractivity contribution in [2.75, 3.05) is 44.7 Å². The molecule has 17 nitrogen and oxygen atoms in total. The Balaban J connectivity index is 0.000000929. The number of carboxylic acids is 1. The summed E-state index contributed by atoms with van der Waals surface area (Å²) in [6.45, 7) is 4.63. The van der Waals surface area contributed by atoms with Crippen LogP contribution in [0.5, 0.6) is 11.5 Å². The van der Waals surface area contributed by atoms with Crippen molar-refractivity contribution in [3.63, 3.8) is 0 Å². The monoisotopic (exact) mass is 848 g/mol. The van der Waals surface area contributed by atoms with Crippen molar-refractivity contribution < 1.29 is 53.9 Å². The molecule has 2 atom stereocenters. The van der Waals surface area contributed by atoms with Crippen molar-refractivity contribution in [3.8, 4) is 11.5 Å². The molecule has 9 N–H and O–H groups in total. The zero-order valence-corrected chi connectivity index (χ0v) is 35.5. The fraction of sp³-hybridized carbons (Fsp3) is 0.477. The molecule has 1 aliphatic carbocycles. The van der Waals surface area contributed by atoms with Crippen LogP contribution >= 0.6 is 0 Å². The summed E-state index contributed by atoms with van der Waals surface area (Å²) in [5.41, 5.74) is 6.23. The minimum absolute atomic E-state index is 0.0789. The van der Waals surface area contributed by atoms with Gasteiger partial charge in [0, 0.05) is 17.9 Å². The van der Waals surface area contributed by atoms with E-state index in [1.165, 1.54) is 14.2 Å². The first kappa shape index (κ1) is 47.9. The van der Waals surface area contributed by atoms with Crippen LogP contribution in [-0.4, -0.2) is 111 Å². The maximum atomic E-state index is 14.6. The second-order valence-electron chi connectivity index (χ2n) is 16.0. The molecule has 6 amide bonds. The van der Waals surface area contributed by atoms with Gasteiger partial charge in [-0.15, -0.1) is 0 Å². The Morgan fingerprint density at radius 3 is 2.03 bits per heavy atom. The number of nitrogens with zero attached hydrogens (tertiary/aromatic N) is 2. The second kappa shape index (κ2) is 21.7. The fourth-order valence-corrected chi connectivity index (χ4v) is 7.42. The third kappa shape index (κ3) is 12.0. The molecule has 61 heavy (non-hydrogen) atoms. The minimum Gasteiger partial charge on any atom is -0.493 e. The summed E-state index contributed by atoms with van der Waals surface area (Å²) < 4.78 is 10.7. The molecule has 17 heteroatoms. The lowest BCUT2D eigenvalue weighted by molar-refractivity contribution is -0.142.